The highest BCUT2D eigenvalue weighted by atomic mass is 32.2. The molecule has 32 heavy (non-hydrogen) atoms. The second kappa shape index (κ2) is 9.97. The number of methoxy groups -OCH3 is 1. The Bertz CT molecular complexity index is 1230. The number of hydrogen-bond acceptors (Lipinski definition) is 7. The lowest BCUT2D eigenvalue weighted by Crippen LogP contribution is -2.23. The van der Waals surface area contributed by atoms with Crippen molar-refractivity contribution in [2.75, 3.05) is 12.4 Å². The minimum Gasteiger partial charge on any atom is -0.453 e. The fourth-order valence-electron chi connectivity index (χ4n) is 3.06. The highest BCUT2D eigenvalue weighted by molar-refractivity contribution is 7.98. The van der Waals surface area contributed by atoms with E-state index in [-0.39, 0.29) is 11.7 Å². The number of furan rings is 1. The largest absolute Gasteiger partial charge is 0.453 e. The average Bonchev–Trinajstić information content (AvgIpc) is 3.21. The number of para-hydroxylation sites is 1. The zero-order chi connectivity index (χ0) is 22.3. The third-order valence-electron chi connectivity index (χ3n) is 4.63. The quantitative estimate of drug-likeness (QED) is 0.314. The maximum absolute atomic E-state index is 13.0. The number of hydrogen-bond donors (Lipinski definition) is 2. The molecule has 0 unspecified atom stereocenters. The SMILES string of the molecule is COC(=O)Nc1ccc(CNC(=O)c2oc3ccccc3c2CSc2ncccn2)cc1. The number of carbonyl (C=O) groups is 2. The number of carbonyl (C=O) groups excluding carboxylic acids is 2. The molecule has 2 aromatic carbocycles. The summed E-state index contributed by atoms with van der Waals surface area (Å²) in [5.74, 6) is 0.471. The average molecular weight is 449 g/mol. The van der Waals surface area contributed by atoms with E-state index >= 15 is 0 Å². The predicted octanol–water partition coefficient (Wildman–Crippen LogP) is 4.62. The molecule has 8 nitrogen and oxygen atoms in total. The van der Waals surface area contributed by atoms with Crippen LogP contribution in [0.1, 0.15) is 21.7 Å². The van der Waals surface area contributed by atoms with Gasteiger partial charge < -0.3 is 14.5 Å². The van der Waals surface area contributed by atoms with Gasteiger partial charge in [-0.1, -0.05) is 42.1 Å². The van der Waals surface area contributed by atoms with Crippen molar-refractivity contribution in [3.63, 3.8) is 0 Å². The van der Waals surface area contributed by atoms with Crippen LogP contribution in [0.3, 0.4) is 0 Å². The van der Waals surface area contributed by atoms with Crippen LogP contribution in [-0.4, -0.2) is 29.1 Å². The van der Waals surface area contributed by atoms with E-state index in [0.29, 0.717) is 28.7 Å². The molecule has 0 aliphatic carbocycles. The van der Waals surface area contributed by atoms with Gasteiger partial charge in [0.1, 0.15) is 5.58 Å². The molecule has 2 amide bonds. The van der Waals surface area contributed by atoms with E-state index in [1.54, 1.807) is 30.6 Å². The number of aromatic nitrogens is 2. The van der Waals surface area contributed by atoms with Gasteiger partial charge in [-0.15, -0.1) is 0 Å². The summed E-state index contributed by atoms with van der Waals surface area (Å²) in [6.07, 6.45) is 2.83. The summed E-state index contributed by atoms with van der Waals surface area (Å²) in [4.78, 5) is 32.7. The van der Waals surface area contributed by atoms with Crippen molar-refractivity contribution in [1.82, 2.24) is 15.3 Å². The summed E-state index contributed by atoms with van der Waals surface area (Å²) in [6.45, 7) is 0.308. The highest BCUT2D eigenvalue weighted by Crippen LogP contribution is 2.31. The Balaban J connectivity index is 1.47. The normalized spacial score (nSPS) is 10.7. The molecule has 2 aromatic heterocycles. The van der Waals surface area contributed by atoms with E-state index in [4.69, 9.17) is 4.42 Å². The molecule has 0 spiro atoms. The molecule has 0 radical (unpaired) electrons. The maximum atomic E-state index is 13.0. The van der Waals surface area contributed by atoms with Gasteiger partial charge in [0.25, 0.3) is 5.91 Å². The third-order valence-corrected chi connectivity index (χ3v) is 5.53. The van der Waals surface area contributed by atoms with E-state index in [1.807, 2.05) is 36.4 Å². The topological polar surface area (TPSA) is 106 Å². The first kappa shape index (κ1) is 21.4. The van der Waals surface area contributed by atoms with Crippen LogP contribution in [0.25, 0.3) is 11.0 Å². The molecule has 0 aliphatic rings. The number of amides is 2. The van der Waals surface area contributed by atoms with E-state index in [2.05, 4.69) is 25.3 Å². The third kappa shape index (κ3) is 5.06. The van der Waals surface area contributed by atoms with Gasteiger partial charge in [0, 0.05) is 41.3 Å². The van der Waals surface area contributed by atoms with Crippen molar-refractivity contribution < 1.29 is 18.7 Å². The van der Waals surface area contributed by atoms with Crippen LogP contribution < -0.4 is 10.6 Å². The number of anilines is 1. The maximum Gasteiger partial charge on any atom is 0.411 e. The molecule has 9 heteroatoms. The van der Waals surface area contributed by atoms with Gasteiger partial charge in [-0.2, -0.15) is 0 Å². The molecule has 4 rings (SSSR count). The molecule has 0 saturated carbocycles. The van der Waals surface area contributed by atoms with Crippen molar-refractivity contribution >= 4 is 40.4 Å². The van der Waals surface area contributed by atoms with Gasteiger partial charge in [0.2, 0.25) is 0 Å². The standard InChI is InChI=1S/C23H20N4O4S/c1-30-23(29)27-16-9-7-15(8-10-16)13-26-21(28)20-18(14-32-22-24-11-4-12-25-22)17-5-2-3-6-19(17)31-20/h2-12H,13-14H2,1H3,(H,26,28)(H,27,29). The van der Waals surface area contributed by atoms with Crippen LogP contribution in [0.2, 0.25) is 0 Å². The molecular formula is C23H20N4O4S. The molecular weight excluding hydrogens is 428 g/mol. The predicted molar refractivity (Wildman–Crippen MR) is 121 cm³/mol. The Morgan fingerprint density at radius 2 is 1.78 bits per heavy atom. The smallest absolute Gasteiger partial charge is 0.411 e. The van der Waals surface area contributed by atoms with Gasteiger partial charge in [0.15, 0.2) is 10.9 Å². The molecule has 0 bridgehead atoms. The first-order valence-corrected chi connectivity index (χ1v) is 10.7. The van der Waals surface area contributed by atoms with Crippen molar-refractivity contribution in [2.45, 2.75) is 17.5 Å². The minimum absolute atomic E-state index is 0.276. The molecule has 2 N–H and O–H groups in total. The Morgan fingerprint density at radius 3 is 2.53 bits per heavy atom. The van der Waals surface area contributed by atoms with Crippen molar-refractivity contribution in [1.29, 1.82) is 0 Å². The summed E-state index contributed by atoms with van der Waals surface area (Å²) in [7, 11) is 1.30. The minimum atomic E-state index is -0.540. The van der Waals surface area contributed by atoms with Gasteiger partial charge in [-0.25, -0.2) is 14.8 Å². The molecule has 4 aromatic rings. The molecule has 2 heterocycles. The van der Waals surface area contributed by atoms with Crippen LogP contribution in [0.15, 0.2) is 76.6 Å². The van der Waals surface area contributed by atoms with Crippen molar-refractivity contribution in [3.05, 3.63) is 83.9 Å². The summed E-state index contributed by atoms with van der Waals surface area (Å²) >= 11 is 1.44. The second-order valence-electron chi connectivity index (χ2n) is 6.72. The van der Waals surface area contributed by atoms with Gasteiger partial charge in [0.05, 0.1) is 7.11 Å². The highest BCUT2D eigenvalue weighted by Gasteiger charge is 2.20. The van der Waals surface area contributed by atoms with Crippen molar-refractivity contribution in [2.24, 2.45) is 0 Å². The van der Waals surface area contributed by atoms with Gasteiger partial charge >= 0.3 is 6.09 Å². The lowest BCUT2D eigenvalue weighted by Gasteiger charge is -2.07. The number of nitrogens with zero attached hydrogens (tertiary/aromatic N) is 2. The zero-order valence-corrected chi connectivity index (χ0v) is 18.0. The summed E-state index contributed by atoms with van der Waals surface area (Å²) in [5, 5.41) is 7.00. The first-order valence-electron chi connectivity index (χ1n) is 9.76. The molecule has 162 valence electrons. The second-order valence-corrected chi connectivity index (χ2v) is 7.66. The fourth-order valence-corrected chi connectivity index (χ4v) is 3.89. The lowest BCUT2D eigenvalue weighted by atomic mass is 10.1. The monoisotopic (exact) mass is 448 g/mol. The molecule has 0 fully saturated rings. The van der Waals surface area contributed by atoms with Crippen LogP contribution in [-0.2, 0) is 17.0 Å². The fraction of sp³-hybridized carbons (Fsp3) is 0.130. The van der Waals surface area contributed by atoms with Crippen molar-refractivity contribution in [3.8, 4) is 0 Å². The summed E-state index contributed by atoms with van der Waals surface area (Å²) < 4.78 is 10.5. The molecule has 0 aliphatic heterocycles. The van der Waals surface area contributed by atoms with Crippen LogP contribution in [0.4, 0.5) is 10.5 Å². The Kier molecular flexibility index (Phi) is 6.66. The Labute approximate surface area is 188 Å². The number of ether oxygens (including phenoxy) is 1. The Hall–Kier alpha value is -3.85. The van der Waals surface area contributed by atoms with E-state index in [1.165, 1.54) is 18.9 Å². The van der Waals surface area contributed by atoms with Crippen LogP contribution in [0, 0.1) is 0 Å². The number of benzene rings is 2. The van der Waals surface area contributed by atoms with Crippen LogP contribution >= 0.6 is 11.8 Å². The number of fused-ring (bicyclic) bond motifs is 1. The summed E-state index contributed by atoms with van der Waals surface area (Å²) in [5.41, 5.74) is 2.93. The van der Waals surface area contributed by atoms with E-state index < -0.39 is 6.09 Å². The summed E-state index contributed by atoms with van der Waals surface area (Å²) in [6, 6.07) is 16.4. The number of thioether (sulfide) groups is 1. The van der Waals surface area contributed by atoms with E-state index in [0.717, 1.165) is 16.5 Å². The Morgan fingerprint density at radius 1 is 1.03 bits per heavy atom. The zero-order valence-electron chi connectivity index (χ0n) is 17.2. The van der Waals surface area contributed by atoms with Gasteiger partial charge in [-0.3, -0.25) is 10.1 Å². The number of rotatable bonds is 7. The lowest BCUT2D eigenvalue weighted by molar-refractivity contribution is 0.0924. The molecule has 0 atom stereocenters. The van der Waals surface area contributed by atoms with Crippen LogP contribution in [0.5, 0.6) is 0 Å². The number of nitrogens with one attached hydrogen (secondary N) is 2. The first-order chi connectivity index (χ1) is 15.6. The molecule has 0 saturated heterocycles. The van der Waals surface area contributed by atoms with Gasteiger partial charge in [-0.05, 0) is 29.8 Å². The van der Waals surface area contributed by atoms with E-state index in [9.17, 15) is 9.59 Å².